The van der Waals surface area contributed by atoms with Crippen molar-refractivity contribution in [2.75, 3.05) is 13.7 Å². The smallest absolute Gasteiger partial charge is 0.277 e. The molecule has 1 aromatic heterocycles. The first-order valence-corrected chi connectivity index (χ1v) is 10.4. The Morgan fingerprint density at radius 1 is 1.33 bits per heavy atom. The van der Waals surface area contributed by atoms with E-state index in [1.165, 1.54) is 18.2 Å². The van der Waals surface area contributed by atoms with E-state index in [-0.39, 0.29) is 11.2 Å². The summed E-state index contributed by atoms with van der Waals surface area (Å²) in [5, 5.41) is 8.44. The zero-order valence-corrected chi connectivity index (χ0v) is 17.0. The zero-order chi connectivity index (χ0) is 19.2. The Morgan fingerprint density at radius 2 is 2.11 bits per heavy atom. The summed E-state index contributed by atoms with van der Waals surface area (Å²) in [5.41, 5.74) is 1.07. The van der Waals surface area contributed by atoms with Crippen molar-refractivity contribution in [1.29, 1.82) is 0 Å². The lowest BCUT2D eigenvalue weighted by Gasteiger charge is -2.36. The minimum Gasteiger partial charge on any atom is -0.497 e. The molecule has 146 valence electrons. The molecule has 1 aliphatic rings. The number of carbonyl (C=O) groups excluding carboxylic acids is 1. The van der Waals surface area contributed by atoms with Gasteiger partial charge in [0.25, 0.3) is 5.22 Å². The van der Waals surface area contributed by atoms with E-state index in [1.54, 1.807) is 7.11 Å². The number of rotatable bonds is 7. The van der Waals surface area contributed by atoms with Crippen molar-refractivity contribution >= 4 is 17.7 Å². The second-order valence-corrected chi connectivity index (χ2v) is 8.13. The summed E-state index contributed by atoms with van der Waals surface area (Å²) in [5.74, 6) is 1.53. The van der Waals surface area contributed by atoms with Gasteiger partial charge in [-0.15, -0.1) is 10.2 Å². The first-order chi connectivity index (χ1) is 13.1. The van der Waals surface area contributed by atoms with Gasteiger partial charge in [-0.1, -0.05) is 30.8 Å². The highest BCUT2D eigenvalue weighted by atomic mass is 32.2. The molecule has 1 aromatic carbocycles. The predicted molar refractivity (Wildman–Crippen MR) is 105 cm³/mol. The quantitative estimate of drug-likeness (QED) is 0.668. The van der Waals surface area contributed by atoms with Crippen LogP contribution in [0.4, 0.5) is 0 Å². The second-order valence-electron chi connectivity index (χ2n) is 6.84. The molecule has 6 nitrogen and oxygen atoms in total. The minimum atomic E-state index is -0.230. The van der Waals surface area contributed by atoms with Crippen molar-refractivity contribution < 1.29 is 13.9 Å². The molecule has 2 atom stereocenters. The lowest BCUT2D eigenvalue weighted by molar-refractivity contribution is -0.134. The highest BCUT2D eigenvalue weighted by Crippen LogP contribution is 2.27. The van der Waals surface area contributed by atoms with Gasteiger partial charge in [0.05, 0.1) is 18.8 Å². The van der Waals surface area contributed by atoms with Crippen LogP contribution in [0.25, 0.3) is 0 Å². The monoisotopic (exact) mass is 389 g/mol. The molecule has 0 saturated carbocycles. The molecule has 7 heteroatoms. The number of nitrogens with zero attached hydrogens (tertiary/aromatic N) is 3. The van der Waals surface area contributed by atoms with Crippen LogP contribution in [0, 0.1) is 0 Å². The van der Waals surface area contributed by atoms with Crippen molar-refractivity contribution in [2.45, 2.75) is 62.5 Å². The summed E-state index contributed by atoms with van der Waals surface area (Å²) < 4.78 is 10.9. The van der Waals surface area contributed by atoms with E-state index in [0.717, 1.165) is 37.1 Å². The van der Waals surface area contributed by atoms with Crippen LogP contribution in [0.1, 0.15) is 51.0 Å². The number of aromatic nitrogens is 2. The number of ether oxygens (including phenoxy) is 1. The van der Waals surface area contributed by atoms with Crippen LogP contribution >= 0.6 is 11.8 Å². The molecule has 2 aromatic rings. The van der Waals surface area contributed by atoms with Gasteiger partial charge in [0, 0.05) is 12.6 Å². The van der Waals surface area contributed by atoms with Crippen molar-refractivity contribution in [3.63, 3.8) is 0 Å². The topological polar surface area (TPSA) is 68.5 Å². The van der Waals surface area contributed by atoms with Crippen molar-refractivity contribution in [3.8, 4) is 5.75 Å². The van der Waals surface area contributed by atoms with Crippen LogP contribution in [0.2, 0.25) is 0 Å². The zero-order valence-electron chi connectivity index (χ0n) is 16.2. The number of hydrogen-bond acceptors (Lipinski definition) is 6. The second kappa shape index (κ2) is 9.26. The third kappa shape index (κ3) is 5.03. The Kier molecular flexibility index (Phi) is 6.77. The largest absolute Gasteiger partial charge is 0.497 e. The maximum Gasteiger partial charge on any atom is 0.277 e. The average molecular weight is 390 g/mol. The first kappa shape index (κ1) is 19.7. The fourth-order valence-corrected chi connectivity index (χ4v) is 4.20. The SMILES string of the molecule is CCC1CCCCN1C(=O)C(C)Sc1nnc(Cc2ccc(OC)cc2)o1. The van der Waals surface area contributed by atoms with Gasteiger partial charge in [-0.3, -0.25) is 4.79 Å². The number of amides is 1. The van der Waals surface area contributed by atoms with E-state index in [1.807, 2.05) is 36.1 Å². The van der Waals surface area contributed by atoms with E-state index in [0.29, 0.717) is 23.6 Å². The van der Waals surface area contributed by atoms with E-state index in [4.69, 9.17) is 9.15 Å². The third-order valence-corrected chi connectivity index (χ3v) is 5.89. The van der Waals surface area contributed by atoms with Crippen LogP contribution in [0.5, 0.6) is 5.75 Å². The molecule has 1 fully saturated rings. The van der Waals surface area contributed by atoms with Gasteiger partial charge < -0.3 is 14.1 Å². The predicted octanol–water partition coefficient (Wildman–Crippen LogP) is 3.94. The summed E-state index contributed by atoms with van der Waals surface area (Å²) in [7, 11) is 1.64. The maximum atomic E-state index is 12.8. The number of likely N-dealkylation sites (tertiary alicyclic amines) is 1. The molecular formula is C20H27N3O3S. The highest BCUT2D eigenvalue weighted by molar-refractivity contribution is 8.00. The Balaban J connectivity index is 1.58. The third-order valence-electron chi connectivity index (χ3n) is 4.97. The van der Waals surface area contributed by atoms with E-state index < -0.39 is 0 Å². The Morgan fingerprint density at radius 3 is 2.81 bits per heavy atom. The summed E-state index contributed by atoms with van der Waals surface area (Å²) in [6.07, 6.45) is 4.97. The molecule has 1 aliphatic heterocycles. The average Bonchev–Trinajstić information content (AvgIpc) is 3.14. The lowest BCUT2D eigenvalue weighted by Crippen LogP contribution is -2.46. The molecule has 2 heterocycles. The number of methoxy groups -OCH3 is 1. The van der Waals surface area contributed by atoms with E-state index in [2.05, 4.69) is 17.1 Å². The molecule has 3 rings (SSSR count). The number of carbonyl (C=O) groups is 1. The molecule has 0 aliphatic carbocycles. The van der Waals surface area contributed by atoms with Crippen LogP contribution in [-0.2, 0) is 11.2 Å². The van der Waals surface area contributed by atoms with Crippen LogP contribution in [0.15, 0.2) is 33.9 Å². The minimum absolute atomic E-state index is 0.168. The Labute approximate surface area is 164 Å². The maximum absolute atomic E-state index is 12.8. The van der Waals surface area contributed by atoms with Crippen molar-refractivity contribution in [1.82, 2.24) is 15.1 Å². The van der Waals surface area contributed by atoms with Crippen LogP contribution < -0.4 is 4.74 Å². The molecular weight excluding hydrogens is 362 g/mol. The van der Waals surface area contributed by atoms with Gasteiger partial charge in [0.1, 0.15) is 5.75 Å². The molecule has 0 radical (unpaired) electrons. The van der Waals surface area contributed by atoms with Gasteiger partial charge in [-0.2, -0.15) is 0 Å². The van der Waals surface area contributed by atoms with E-state index >= 15 is 0 Å². The highest BCUT2D eigenvalue weighted by Gasteiger charge is 2.30. The van der Waals surface area contributed by atoms with Gasteiger partial charge in [-0.25, -0.2) is 0 Å². The summed E-state index contributed by atoms with van der Waals surface area (Å²) >= 11 is 1.34. The summed E-state index contributed by atoms with van der Waals surface area (Å²) in [6, 6.07) is 8.13. The van der Waals surface area contributed by atoms with Gasteiger partial charge in [-0.05, 0) is 50.3 Å². The molecule has 2 unspecified atom stereocenters. The summed E-state index contributed by atoms with van der Waals surface area (Å²) in [6.45, 7) is 4.92. The first-order valence-electron chi connectivity index (χ1n) is 9.53. The lowest BCUT2D eigenvalue weighted by atomic mass is 10.00. The molecule has 0 spiro atoms. The molecule has 1 amide bonds. The van der Waals surface area contributed by atoms with Crippen LogP contribution in [-0.4, -0.2) is 46.0 Å². The Bertz CT molecular complexity index is 747. The van der Waals surface area contributed by atoms with Crippen molar-refractivity contribution in [3.05, 3.63) is 35.7 Å². The fraction of sp³-hybridized carbons (Fsp3) is 0.550. The molecule has 27 heavy (non-hydrogen) atoms. The Hall–Kier alpha value is -2.02. The standard InChI is InChI=1S/C20H27N3O3S/c1-4-16-7-5-6-12-23(16)19(24)14(2)27-20-22-21-18(26-20)13-15-8-10-17(25-3)11-9-15/h8-11,14,16H,4-7,12-13H2,1-3H3. The normalized spacial score (nSPS) is 18.3. The van der Waals surface area contributed by atoms with Gasteiger partial charge in [0.2, 0.25) is 11.8 Å². The molecule has 0 bridgehead atoms. The molecule has 1 saturated heterocycles. The number of piperidine rings is 1. The summed E-state index contributed by atoms with van der Waals surface area (Å²) in [4.78, 5) is 14.9. The number of benzene rings is 1. The number of thioether (sulfide) groups is 1. The van der Waals surface area contributed by atoms with Crippen molar-refractivity contribution in [2.24, 2.45) is 0 Å². The van der Waals surface area contributed by atoms with Gasteiger partial charge >= 0.3 is 0 Å². The number of hydrogen-bond donors (Lipinski definition) is 0. The fourth-order valence-electron chi connectivity index (χ4n) is 3.43. The van der Waals surface area contributed by atoms with E-state index in [9.17, 15) is 4.79 Å². The molecule has 0 N–H and O–H groups in total. The van der Waals surface area contributed by atoms with Gasteiger partial charge in [0.15, 0.2) is 0 Å². The van der Waals surface area contributed by atoms with Crippen LogP contribution in [0.3, 0.4) is 0 Å².